The van der Waals surface area contributed by atoms with Gasteiger partial charge in [0.05, 0.1) is 22.3 Å². The van der Waals surface area contributed by atoms with Crippen LogP contribution in [0.4, 0.5) is 11.4 Å². The Labute approximate surface area is 115 Å². The van der Waals surface area contributed by atoms with Gasteiger partial charge in [0.2, 0.25) is 0 Å². The zero-order chi connectivity index (χ0) is 14.7. The molecule has 0 radical (unpaired) electrons. The topological polar surface area (TPSA) is 92.9 Å². The maximum absolute atomic E-state index is 11.3. The van der Waals surface area contributed by atoms with E-state index in [0.29, 0.717) is 18.8 Å². The highest BCUT2D eigenvalue weighted by atomic mass is 16.6. The van der Waals surface area contributed by atoms with E-state index < -0.39 is 10.9 Å². The normalized spacial score (nSPS) is 16.1. The number of carboxylic acids is 1. The van der Waals surface area contributed by atoms with Crippen LogP contribution in [-0.2, 0) is 4.74 Å². The number of piperidine rings is 1. The van der Waals surface area contributed by atoms with Crippen LogP contribution < -0.4 is 4.90 Å². The quantitative estimate of drug-likeness (QED) is 0.669. The predicted octanol–water partition coefficient (Wildman–Crippen LogP) is 1.91. The molecule has 0 saturated carbocycles. The molecule has 1 heterocycles. The Morgan fingerprint density at radius 1 is 1.45 bits per heavy atom. The molecule has 0 unspecified atom stereocenters. The van der Waals surface area contributed by atoms with Crippen LogP contribution in [-0.4, -0.2) is 42.3 Å². The van der Waals surface area contributed by atoms with Gasteiger partial charge >= 0.3 is 5.97 Å². The van der Waals surface area contributed by atoms with Crippen molar-refractivity contribution in [2.45, 2.75) is 18.9 Å². The van der Waals surface area contributed by atoms with Crippen molar-refractivity contribution in [2.24, 2.45) is 0 Å². The lowest BCUT2D eigenvalue weighted by Gasteiger charge is -2.33. The molecule has 1 aliphatic heterocycles. The Balaban J connectivity index is 2.27. The number of hydrogen-bond acceptors (Lipinski definition) is 5. The highest BCUT2D eigenvalue weighted by Gasteiger charge is 2.24. The van der Waals surface area contributed by atoms with Crippen molar-refractivity contribution in [1.29, 1.82) is 0 Å². The molecule has 108 valence electrons. The van der Waals surface area contributed by atoms with Gasteiger partial charge in [-0.1, -0.05) is 0 Å². The second-order valence-electron chi connectivity index (χ2n) is 4.69. The van der Waals surface area contributed by atoms with Gasteiger partial charge in [-0.25, -0.2) is 4.79 Å². The van der Waals surface area contributed by atoms with Gasteiger partial charge in [0, 0.05) is 32.3 Å². The Morgan fingerprint density at radius 3 is 2.60 bits per heavy atom. The molecule has 0 bridgehead atoms. The summed E-state index contributed by atoms with van der Waals surface area (Å²) in [4.78, 5) is 23.4. The molecule has 0 aromatic heterocycles. The summed E-state index contributed by atoms with van der Waals surface area (Å²) in [6, 6.07) is 3.96. The van der Waals surface area contributed by atoms with Crippen LogP contribution in [0.3, 0.4) is 0 Å². The largest absolute Gasteiger partial charge is 0.478 e. The molecule has 1 aliphatic rings. The zero-order valence-electron chi connectivity index (χ0n) is 11.1. The van der Waals surface area contributed by atoms with Gasteiger partial charge in [0.25, 0.3) is 5.69 Å². The maximum Gasteiger partial charge on any atom is 0.338 e. The van der Waals surface area contributed by atoms with Crippen LogP contribution in [0.25, 0.3) is 0 Å². The lowest BCUT2D eigenvalue weighted by molar-refractivity contribution is -0.384. The molecule has 0 spiro atoms. The van der Waals surface area contributed by atoms with Crippen molar-refractivity contribution in [3.8, 4) is 0 Å². The van der Waals surface area contributed by atoms with E-state index in [-0.39, 0.29) is 17.4 Å². The molecule has 2 rings (SSSR count). The molecule has 1 N–H and O–H groups in total. The first-order valence-corrected chi connectivity index (χ1v) is 6.32. The molecule has 0 atom stereocenters. The summed E-state index contributed by atoms with van der Waals surface area (Å²) in [5, 5.41) is 20.0. The molecular formula is C13H16N2O5. The molecule has 7 nitrogen and oxygen atoms in total. The van der Waals surface area contributed by atoms with E-state index in [1.165, 1.54) is 12.1 Å². The fourth-order valence-corrected chi connectivity index (χ4v) is 2.42. The van der Waals surface area contributed by atoms with Crippen molar-refractivity contribution in [3.63, 3.8) is 0 Å². The zero-order valence-corrected chi connectivity index (χ0v) is 11.1. The molecule has 20 heavy (non-hydrogen) atoms. The molecule has 1 fully saturated rings. The SMILES string of the molecule is COC1CCN(c2ccc([N+](=O)[O-])cc2C(=O)O)CC1. The number of nitro benzene ring substituents is 1. The van der Waals surface area contributed by atoms with E-state index in [0.717, 1.165) is 18.9 Å². The van der Waals surface area contributed by atoms with Gasteiger partial charge in [0.1, 0.15) is 0 Å². The van der Waals surface area contributed by atoms with Crippen molar-refractivity contribution in [2.75, 3.05) is 25.1 Å². The molecule has 1 saturated heterocycles. The van der Waals surface area contributed by atoms with Crippen LogP contribution in [0.1, 0.15) is 23.2 Å². The number of hydrogen-bond donors (Lipinski definition) is 1. The summed E-state index contributed by atoms with van der Waals surface area (Å²) in [5.74, 6) is -1.16. The second-order valence-corrected chi connectivity index (χ2v) is 4.69. The van der Waals surface area contributed by atoms with E-state index in [1.54, 1.807) is 7.11 Å². The van der Waals surface area contributed by atoms with Crippen LogP contribution in [0, 0.1) is 10.1 Å². The predicted molar refractivity (Wildman–Crippen MR) is 72.3 cm³/mol. The van der Waals surface area contributed by atoms with Crippen molar-refractivity contribution < 1.29 is 19.6 Å². The summed E-state index contributed by atoms with van der Waals surface area (Å²) in [5.41, 5.74) is 0.283. The molecule has 1 aromatic carbocycles. The Bertz CT molecular complexity index is 523. The number of nitro groups is 1. The van der Waals surface area contributed by atoms with Crippen LogP contribution in [0.5, 0.6) is 0 Å². The van der Waals surface area contributed by atoms with Crippen LogP contribution in [0.15, 0.2) is 18.2 Å². The highest BCUT2D eigenvalue weighted by Crippen LogP contribution is 2.28. The molecule has 1 aromatic rings. The van der Waals surface area contributed by atoms with E-state index >= 15 is 0 Å². The second kappa shape index (κ2) is 5.87. The minimum atomic E-state index is -1.16. The number of anilines is 1. The highest BCUT2D eigenvalue weighted by molar-refractivity contribution is 5.95. The lowest BCUT2D eigenvalue weighted by atomic mass is 10.0. The Kier molecular flexibility index (Phi) is 4.19. The summed E-state index contributed by atoms with van der Waals surface area (Å²) in [6.45, 7) is 1.35. The van der Waals surface area contributed by atoms with Crippen LogP contribution >= 0.6 is 0 Å². The van der Waals surface area contributed by atoms with Crippen molar-refractivity contribution >= 4 is 17.3 Å². The van der Waals surface area contributed by atoms with E-state index in [1.807, 2.05) is 4.90 Å². The first-order valence-electron chi connectivity index (χ1n) is 6.32. The van der Waals surface area contributed by atoms with Gasteiger partial charge in [-0.3, -0.25) is 10.1 Å². The first kappa shape index (κ1) is 14.3. The van der Waals surface area contributed by atoms with E-state index in [4.69, 9.17) is 4.74 Å². The van der Waals surface area contributed by atoms with Gasteiger partial charge in [-0.2, -0.15) is 0 Å². The third kappa shape index (κ3) is 2.88. The van der Waals surface area contributed by atoms with E-state index in [9.17, 15) is 20.0 Å². The average molecular weight is 280 g/mol. The number of rotatable bonds is 4. The summed E-state index contributed by atoms with van der Waals surface area (Å²) >= 11 is 0. The molecular weight excluding hydrogens is 264 g/mol. The Hall–Kier alpha value is -2.15. The minimum absolute atomic E-state index is 0.0323. The lowest BCUT2D eigenvalue weighted by Crippen LogP contribution is -2.37. The monoisotopic (exact) mass is 280 g/mol. The molecule has 0 amide bonds. The molecule has 7 heteroatoms. The number of nitrogens with zero attached hydrogens (tertiary/aromatic N) is 2. The summed E-state index contributed by atoms with van der Waals surface area (Å²) < 4.78 is 5.27. The van der Waals surface area contributed by atoms with Gasteiger partial charge in [0.15, 0.2) is 0 Å². The summed E-state index contributed by atoms with van der Waals surface area (Å²) in [6.07, 6.45) is 1.82. The number of non-ortho nitro benzene ring substituents is 1. The van der Waals surface area contributed by atoms with E-state index in [2.05, 4.69) is 0 Å². The third-order valence-corrected chi connectivity index (χ3v) is 3.54. The number of aromatic carboxylic acids is 1. The van der Waals surface area contributed by atoms with Crippen molar-refractivity contribution in [1.82, 2.24) is 0 Å². The number of carboxylic acid groups (broad SMARTS) is 1. The minimum Gasteiger partial charge on any atom is -0.478 e. The number of carbonyl (C=O) groups is 1. The van der Waals surface area contributed by atoms with Gasteiger partial charge in [-0.15, -0.1) is 0 Å². The van der Waals surface area contributed by atoms with Crippen molar-refractivity contribution in [3.05, 3.63) is 33.9 Å². The van der Waals surface area contributed by atoms with Gasteiger partial charge in [-0.05, 0) is 18.9 Å². The number of ether oxygens (including phenoxy) is 1. The van der Waals surface area contributed by atoms with Crippen LogP contribution in [0.2, 0.25) is 0 Å². The number of benzene rings is 1. The first-order chi connectivity index (χ1) is 9.52. The fourth-order valence-electron chi connectivity index (χ4n) is 2.42. The third-order valence-electron chi connectivity index (χ3n) is 3.54. The summed E-state index contributed by atoms with van der Waals surface area (Å²) in [7, 11) is 1.66. The smallest absolute Gasteiger partial charge is 0.338 e. The van der Waals surface area contributed by atoms with Gasteiger partial charge < -0.3 is 14.7 Å². The fraction of sp³-hybridized carbons (Fsp3) is 0.462. The molecule has 0 aliphatic carbocycles. The maximum atomic E-state index is 11.3. The number of methoxy groups -OCH3 is 1. The standard InChI is InChI=1S/C13H16N2O5/c1-20-10-4-6-14(7-5-10)12-3-2-9(15(18)19)8-11(12)13(16)17/h2-3,8,10H,4-7H2,1H3,(H,16,17). The Morgan fingerprint density at radius 2 is 2.10 bits per heavy atom. The average Bonchev–Trinajstić information content (AvgIpc) is 2.46.